The highest BCUT2D eigenvalue weighted by molar-refractivity contribution is 5.94. The third-order valence-electron chi connectivity index (χ3n) is 4.03. The number of hydrogen-bond acceptors (Lipinski definition) is 6. The maximum Gasteiger partial charge on any atom is 0.181 e. The summed E-state index contributed by atoms with van der Waals surface area (Å²) in [5, 5.41) is 15.2. The Kier molecular flexibility index (Phi) is 4.15. The number of nitrogens with one attached hydrogen (secondary N) is 2. The fourth-order valence-electron chi connectivity index (χ4n) is 2.59. The summed E-state index contributed by atoms with van der Waals surface area (Å²) in [7, 11) is 0. The number of anilines is 4. The van der Waals surface area contributed by atoms with Crippen LogP contribution in [-0.2, 0) is 0 Å². The van der Waals surface area contributed by atoms with Crippen molar-refractivity contribution in [3.8, 4) is 0 Å². The number of benzene rings is 2. The predicted molar refractivity (Wildman–Crippen MR) is 104 cm³/mol. The Balaban J connectivity index is 1.70. The Labute approximate surface area is 151 Å². The highest BCUT2D eigenvalue weighted by Crippen LogP contribution is 2.26. The molecule has 128 valence electrons. The Morgan fingerprint density at radius 3 is 1.35 bits per heavy atom. The topological polar surface area (TPSA) is 75.6 Å². The van der Waals surface area contributed by atoms with Gasteiger partial charge in [0, 0.05) is 23.8 Å². The lowest BCUT2D eigenvalue weighted by molar-refractivity contribution is 1.04. The smallest absolute Gasteiger partial charge is 0.181 e. The molecule has 2 aromatic carbocycles. The Morgan fingerprint density at radius 2 is 0.962 bits per heavy atom. The van der Waals surface area contributed by atoms with Crippen LogP contribution in [0.25, 0.3) is 11.0 Å². The van der Waals surface area contributed by atoms with Gasteiger partial charge in [-0.15, -0.1) is 10.2 Å². The normalized spacial score (nSPS) is 10.7. The fraction of sp³-hybridized carbons (Fsp3) is 0.100. The molecule has 0 radical (unpaired) electrons. The summed E-state index contributed by atoms with van der Waals surface area (Å²) in [5.41, 5.74) is 5.58. The van der Waals surface area contributed by atoms with Gasteiger partial charge in [0.1, 0.15) is 11.0 Å². The van der Waals surface area contributed by atoms with Gasteiger partial charge in [-0.25, -0.2) is 9.97 Å². The minimum Gasteiger partial charge on any atom is -0.337 e. The molecule has 26 heavy (non-hydrogen) atoms. The van der Waals surface area contributed by atoms with Crippen molar-refractivity contribution in [2.75, 3.05) is 10.6 Å². The zero-order valence-electron chi connectivity index (χ0n) is 14.6. The van der Waals surface area contributed by atoms with E-state index in [9.17, 15) is 0 Å². The van der Waals surface area contributed by atoms with E-state index in [1.165, 1.54) is 11.1 Å². The lowest BCUT2D eigenvalue weighted by Crippen LogP contribution is -2.03. The summed E-state index contributed by atoms with van der Waals surface area (Å²) in [6.07, 6.45) is 3.31. The standard InChI is InChI=1S/C20H18N6/c1-13-3-7-15(8-4-13)23-19-17-18(22-12-11-21-17)20(26-25-19)24-16-9-5-14(2)6-10-16/h3-12H,1-2H3,(H,23,25)(H,24,26). The van der Waals surface area contributed by atoms with Crippen LogP contribution in [-0.4, -0.2) is 20.2 Å². The SMILES string of the molecule is Cc1ccc(Nc2nnc(Nc3ccc(C)cc3)c3nccnc23)cc1. The molecule has 2 aromatic heterocycles. The van der Waals surface area contributed by atoms with Crippen molar-refractivity contribution in [2.24, 2.45) is 0 Å². The molecule has 0 aliphatic heterocycles. The predicted octanol–water partition coefficient (Wildman–Crippen LogP) is 4.52. The van der Waals surface area contributed by atoms with Gasteiger partial charge in [-0.1, -0.05) is 35.4 Å². The molecule has 4 aromatic rings. The monoisotopic (exact) mass is 342 g/mol. The van der Waals surface area contributed by atoms with Gasteiger partial charge < -0.3 is 10.6 Å². The largest absolute Gasteiger partial charge is 0.337 e. The molecule has 0 bridgehead atoms. The van der Waals surface area contributed by atoms with Crippen molar-refractivity contribution < 1.29 is 0 Å². The number of nitrogens with zero attached hydrogens (tertiary/aromatic N) is 4. The van der Waals surface area contributed by atoms with Crippen molar-refractivity contribution in [3.05, 3.63) is 72.1 Å². The average Bonchev–Trinajstić information content (AvgIpc) is 2.67. The number of aromatic nitrogens is 4. The van der Waals surface area contributed by atoms with Crippen molar-refractivity contribution in [2.45, 2.75) is 13.8 Å². The summed E-state index contributed by atoms with van der Waals surface area (Å²) < 4.78 is 0. The van der Waals surface area contributed by atoms with Gasteiger partial charge in [0.25, 0.3) is 0 Å². The molecule has 0 saturated heterocycles. The first-order valence-electron chi connectivity index (χ1n) is 8.34. The van der Waals surface area contributed by atoms with Crippen LogP contribution in [0.15, 0.2) is 60.9 Å². The number of rotatable bonds is 4. The van der Waals surface area contributed by atoms with E-state index in [1.54, 1.807) is 12.4 Å². The van der Waals surface area contributed by atoms with Crippen LogP contribution < -0.4 is 10.6 Å². The minimum atomic E-state index is 0.575. The Bertz CT molecular complexity index is 956. The molecule has 0 fully saturated rings. The zero-order valence-corrected chi connectivity index (χ0v) is 14.6. The molecule has 0 aliphatic rings. The van der Waals surface area contributed by atoms with Crippen LogP contribution >= 0.6 is 0 Å². The van der Waals surface area contributed by atoms with Gasteiger partial charge in [0.2, 0.25) is 0 Å². The Hall–Kier alpha value is -3.54. The lowest BCUT2D eigenvalue weighted by Gasteiger charge is -2.11. The molecule has 0 amide bonds. The zero-order chi connectivity index (χ0) is 17.9. The third kappa shape index (κ3) is 3.30. The Morgan fingerprint density at radius 1 is 0.577 bits per heavy atom. The molecule has 2 heterocycles. The molecule has 0 atom stereocenters. The van der Waals surface area contributed by atoms with Crippen molar-refractivity contribution in [1.29, 1.82) is 0 Å². The molecule has 0 aliphatic carbocycles. The summed E-state index contributed by atoms with van der Waals surface area (Å²) >= 11 is 0. The minimum absolute atomic E-state index is 0.575. The van der Waals surface area contributed by atoms with E-state index in [4.69, 9.17) is 0 Å². The highest BCUT2D eigenvalue weighted by Gasteiger charge is 2.12. The van der Waals surface area contributed by atoms with Gasteiger partial charge in [-0.2, -0.15) is 0 Å². The van der Waals surface area contributed by atoms with E-state index in [2.05, 4.69) is 44.6 Å². The molecule has 6 nitrogen and oxygen atoms in total. The first-order valence-corrected chi connectivity index (χ1v) is 8.34. The number of aryl methyl sites for hydroxylation is 2. The molecule has 4 rings (SSSR count). The summed E-state index contributed by atoms with van der Waals surface area (Å²) in [4.78, 5) is 8.89. The third-order valence-corrected chi connectivity index (χ3v) is 4.03. The van der Waals surface area contributed by atoms with Crippen LogP contribution in [0.3, 0.4) is 0 Å². The van der Waals surface area contributed by atoms with E-state index >= 15 is 0 Å². The molecule has 0 saturated carbocycles. The first kappa shape index (κ1) is 16.0. The average molecular weight is 342 g/mol. The van der Waals surface area contributed by atoms with E-state index in [0.717, 1.165) is 11.4 Å². The molecule has 6 heteroatoms. The van der Waals surface area contributed by atoms with Crippen LogP contribution in [0.5, 0.6) is 0 Å². The highest BCUT2D eigenvalue weighted by atomic mass is 15.2. The molecular weight excluding hydrogens is 324 g/mol. The maximum absolute atomic E-state index is 4.44. The summed E-state index contributed by atoms with van der Waals surface area (Å²) in [6.45, 7) is 4.10. The summed E-state index contributed by atoms with van der Waals surface area (Å²) in [5.74, 6) is 1.15. The fourth-order valence-corrected chi connectivity index (χ4v) is 2.59. The number of fused-ring (bicyclic) bond motifs is 1. The van der Waals surface area contributed by atoms with Crippen LogP contribution in [0.2, 0.25) is 0 Å². The van der Waals surface area contributed by atoms with Gasteiger partial charge in [-0.05, 0) is 38.1 Å². The van der Waals surface area contributed by atoms with Gasteiger partial charge in [0.15, 0.2) is 11.6 Å². The molecule has 0 spiro atoms. The van der Waals surface area contributed by atoms with E-state index < -0.39 is 0 Å². The van der Waals surface area contributed by atoms with Gasteiger partial charge in [0.05, 0.1) is 0 Å². The lowest BCUT2D eigenvalue weighted by atomic mass is 10.2. The van der Waals surface area contributed by atoms with Crippen LogP contribution in [0.4, 0.5) is 23.0 Å². The van der Waals surface area contributed by atoms with Crippen molar-refractivity contribution in [1.82, 2.24) is 20.2 Å². The molecule has 2 N–H and O–H groups in total. The maximum atomic E-state index is 4.44. The quantitative estimate of drug-likeness (QED) is 0.568. The number of hydrogen-bond donors (Lipinski definition) is 2. The van der Waals surface area contributed by atoms with E-state index in [0.29, 0.717) is 22.7 Å². The van der Waals surface area contributed by atoms with Crippen LogP contribution in [0.1, 0.15) is 11.1 Å². The first-order chi connectivity index (χ1) is 12.7. The molecular formula is C20H18N6. The van der Waals surface area contributed by atoms with Crippen molar-refractivity contribution >= 4 is 34.0 Å². The second kappa shape index (κ2) is 6.76. The van der Waals surface area contributed by atoms with Gasteiger partial charge >= 0.3 is 0 Å². The van der Waals surface area contributed by atoms with Crippen molar-refractivity contribution in [3.63, 3.8) is 0 Å². The second-order valence-electron chi connectivity index (χ2n) is 6.13. The van der Waals surface area contributed by atoms with E-state index in [-0.39, 0.29) is 0 Å². The molecule has 0 unspecified atom stereocenters. The second-order valence-corrected chi connectivity index (χ2v) is 6.13. The summed E-state index contributed by atoms with van der Waals surface area (Å²) in [6, 6.07) is 16.1. The van der Waals surface area contributed by atoms with E-state index in [1.807, 2.05) is 48.5 Å². The van der Waals surface area contributed by atoms with Crippen LogP contribution in [0, 0.1) is 13.8 Å². The van der Waals surface area contributed by atoms with Gasteiger partial charge in [-0.3, -0.25) is 0 Å².